The molecule has 2 aromatic rings. The van der Waals surface area contributed by atoms with Crippen molar-refractivity contribution in [2.45, 2.75) is 32.7 Å². The number of anilines is 1. The average molecular weight is 272 g/mol. The molecule has 106 valence electrons. The highest BCUT2D eigenvalue weighted by molar-refractivity contribution is 5.94. The maximum atomic E-state index is 5.66. The van der Waals surface area contributed by atoms with E-state index in [4.69, 9.17) is 9.47 Å². The monoisotopic (exact) mass is 272 g/mol. The van der Waals surface area contributed by atoms with Gasteiger partial charge in [0.25, 0.3) is 0 Å². The Morgan fingerprint density at radius 1 is 1.20 bits per heavy atom. The predicted molar refractivity (Wildman–Crippen MR) is 80.7 cm³/mol. The topological polar surface area (TPSA) is 43.4 Å². The molecule has 3 rings (SSSR count). The maximum absolute atomic E-state index is 5.66. The van der Waals surface area contributed by atoms with Gasteiger partial charge in [0.15, 0.2) is 11.5 Å². The number of fused-ring (bicyclic) bond motifs is 2. The SMILES string of the molecule is CCC(C)(C)Nc1nccc2cc3c(cc12)OCCO3. The molecule has 0 spiro atoms. The molecule has 1 aliphatic heterocycles. The minimum atomic E-state index is 0.00848. The van der Waals surface area contributed by atoms with E-state index < -0.39 is 0 Å². The second kappa shape index (κ2) is 4.85. The summed E-state index contributed by atoms with van der Waals surface area (Å²) in [5, 5.41) is 5.69. The molecule has 0 fully saturated rings. The molecule has 0 radical (unpaired) electrons. The molecule has 1 aromatic heterocycles. The molecule has 0 saturated heterocycles. The van der Waals surface area contributed by atoms with E-state index in [-0.39, 0.29) is 5.54 Å². The van der Waals surface area contributed by atoms with E-state index in [0.717, 1.165) is 34.5 Å². The highest BCUT2D eigenvalue weighted by Gasteiger charge is 2.19. The molecule has 0 amide bonds. The van der Waals surface area contributed by atoms with E-state index in [1.807, 2.05) is 24.4 Å². The highest BCUT2D eigenvalue weighted by atomic mass is 16.6. The van der Waals surface area contributed by atoms with Gasteiger partial charge >= 0.3 is 0 Å². The first-order valence-corrected chi connectivity index (χ1v) is 7.05. The molecule has 1 aromatic carbocycles. The van der Waals surface area contributed by atoms with Crippen LogP contribution in [0.15, 0.2) is 24.4 Å². The first-order chi connectivity index (χ1) is 9.59. The van der Waals surface area contributed by atoms with Gasteiger partial charge in [-0.15, -0.1) is 0 Å². The minimum absolute atomic E-state index is 0.00848. The summed E-state index contributed by atoms with van der Waals surface area (Å²) in [6, 6.07) is 6.04. The molecule has 4 heteroatoms. The predicted octanol–water partition coefficient (Wildman–Crippen LogP) is 3.61. The first-order valence-electron chi connectivity index (χ1n) is 7.05. The smallest absolute Gasteiger partial charge is 0.162 e. The van der Waals surface area contributed by atoms with Crippen LogP contribution in [0.25, 0.3) is 10.8 Å². The molecule has 0 bridgehead atoms. The molecule has 0 saturated carbocycles. The number of hydrogen-bond acceptors (Lipinski definition) is 4. The molecular formula is C16H20N2O2. The Balaban J connectivity index is 2.09. The van der Waals surface area contributed by atoms with Gasteiger partial charge in [-0.2, -0.15) is 0 Å². The van der Waals surface area contributed by atoms with Crippen molar-refractivity contribution in [2.24, 2.45) is 0 Å². The number of ether oxygens (including phenoxy) is 2. The van der Waals surface area contributed by atoms with Crippen molar-refractivity contribution < 1.29 is 9.47 Å². The van der Waals surface area contributed by atoms with Gasteiger partial charge < -0.3 is 14.8 Å². The fourth-order valence-electron chi connectivity index (χ4n) is 2.22. The van der Waals surface area contributed by atoms with Crippen LogP contribution in [-0.2, 0) is 0 Å². The van der Waals surface area contributed by atoms with Crippen LogP contribution >= 0.6 is 0 Å². The van der Waals surface area contributed by atoms with Crippen LogP contribution in [0.2, 0.25) is 0 Å². The van der Waals surface area contributed by atoms with Crippen LogP contribution in [0, 0.1) is 0 Å². The lowest BCUT2D eigenvalue weighted by atomic mass is 10.0. The summed E-state index contributed by atoms with van der Waals surface area (Å²) in [5.74, 6) is 2.51. The number of nitrogens with zero attached hydrogens (tertiary/aromatic N) is 1. The Kier molecular flexibility index (Phi) is 3.16. The number of hydrogen-bond donors (Lipinski definition) is 1. The van der Waals surface area contributed by atoms with Gasteiger partial charge in [0.05, 0.1) is 0 Å². The van der Waals surface area contributed by atoms with Crippen LogP contribution in [-0.4, -0.2) is 23.7 Å². The number of pyridine rings is 1. The van der Waals surface area contributed by atoms with Crippen LogP contribution in [0.1, 0.15) is 27.2 Å². The maximum Gasteiger partial charge on any atom is 0.162 e. The largest absolute Gasteiger partial charge is 0.486 e. The van der Waals surface area contributed by atoms with Gasteiger partial charge in [-0.05, 0) is 43.9 Å². The van der Waals surface area contributed by atoms with Gasteiger partial charge in [-0.3, -0.25) is 0 Å². The molecule has 1 N–H and O–H groups in total. The summed E-state index contributed by atoms with van der Waals surface area (Å²) in [6.07, 6.45) is 2.85. The Hall–Kier alpha value is -1.97. The highest BCUT2D eigenvalue weighted by Crippen LogP contribution is 2.37. The lowest BCUT2D eigenvalue weighted by Gasteiger charge is -2.26. The normalized spacial score (nSPS) is 14.3. The van der Waals surface area contributed by atoms with Gasteiger partial charge in [0, 0.05) is 17.1 Å². The number of benzene rings is 1. The standard InChI is InChI=1S/C16H20N2O2/c1-4-16(2,3)18-15-12-10-14-13(19-7-8-20-14)9-11(12)5-6-17-15/h5-6,9-10H,4,7-8H2,1-3H3,(H,17,18). The van der Waals surface area contributed by atoms with Crippen molar-refractivity contribution in [2.75, 3.05) is 18.5 Å². The Bertz CT molecular complexity index is 638. The zero-order chi connectivity index (χ0) is 14.2. The van der Waals surface area contributed by atoms with Crippen molar-refractivity contribution in [1.29, 1.82) is 0 Å². The van der Waals surface area contributed by atoms with Crippen molar-refractivity contribution in [3.05, 3.63) is 24.4 Å². The lowest BCUT2D eigenvalue weighted by molar-refractivity contribution is 0.172. The third kappa shape index (κ3) is 2.38. The molecule has 0 aliphatic carbocycles. The van der Waals surface area contributed by atoms with Gasteiger partial charge in [-0.25, -0.2) is 4.98 Å². The Morgan fingerprint density at radius 2 is 1.90 bits per heavy atom. The van der Waals surface area contributed by atoms with Gasteiger partial charge in [-0.1, -0.05) is 6.92 Å². The third-order valence-electron chi connectivity index (χ3n) is 3.77. The lowest BCUT2D eigenvalue weighted by Crippen LogP contribution is -2.30. The van der Waals surface area contributed by atoms with Crippen molar-refractivity contribution in [1.82, 2.24) is 4.98 Å². The molecular weight excluding hydrogens is 252 g/mol. The Morgan fingerprint density at radius 3 is 2.60 bits per heavy atom. The molecule has 0 atom stereocenters. The molecule has 20 heavy (non-hydrogen) atoms. The molecule has 1 aliphatic rings. The zero-order valence-corrected chi connectivity index (χ0v) is 12.2. The summed E-state index contributed by atoms with van der Waals surface area (Å²) < 4.78 is 11.3. The summed E-state index contributed by atoms with van der Waals surface area (Å²) in [7, 11) is 0. The molecule has 4 nitrogen and oxygen atoms in total. The van der Waals surface area contributed by atoms with E-state index in [2.05, 4.69) is 31.1 Å². The van der Waals surface area contributed by atoms with Gasteiger partial charge in [0.1, 0.15) is 19.0 Å². The van der Waals surface area contributed by atoms with Crippen LogP contribution in [0.3, 0.4) is 0 Å². The average Bonchev–Trinajstić information content (AvgIpc) is 2.45. The van der Waals surface area contributed by atoms with Crippen LogP contribution in [0.5, 0.6) is 11.5 Å². The minimum Gasteiger partial charge on any atom is -0.486 e. The number of nitrogens with one attached hydrogen (secondary N) is 1. The van der Waals surface area contributed by atoms with E-state index in [9.17, 15) is 0 Å². The van der Waals surface area contributed by atoms with E-state index in [1.54, 1.807) is 0 Å². The van der Waals surface area contributed by atoms with Gasteiger partial charge in [0.2, 0.25) is 0 Å². The Labute approximate surface area is 119 Å². The zero-order valence-electron chi connectivity index (χ0n) is 12.2. The summed E-state index contributed by atoms with van der Waals surface area (Å²) >= 11 is 0. The van der Waals surface area contributed by atoms with Crippen molar-refractivity contribution in [3.8, 4) is 11.5 Å². The second-order valence-corrected chi connectivity index (χ2v) is 5.74. The molecule has 2 heterocycles. The van der Waals surface area contributed by atoms with Crippen molar-refractivity contribution >= 4 is 16.6 Å². The number of rotatable bonds is 3. The third-order valence-corrected chi connectivity index (χ3v) is 3.77. The van der Waals surface area contributed by atoms with E-state index in [0.29, 0.717) is 13.2 Å². The van der Waals surface area contributed by atoms with E-state index >= 15 is 0 Å². The van der Waals surface area contributed by atoms with Crippen LogP contribution < -0.4 is 14.8 Å². The number of aromatic nitrogens is 1. The summed E-state index contributed by atoms with van der Waals surface area (Å²) in [4.78, 5) is 4.48. The summed E-state index contributed by atoms with van der Waals surface area (Å²) in [6.45, 7) is 7.72. The first kappa shape index (κ1) is 13.0. The molecule has 0 unspecified atom stereocenters. The summed E-state index contributed by atoms with van der Waals surface area (Å²) in [5.41, 5.74) is 0.00848. The van der Waals surface area contributed by atoms with E-state index in [1.165, 1.54) is 0 Å². The quantitative estimate of drug-likeness (QED) is 0.927. The van der Waals surface area contributed by atoms with Crippen molar-refractivity contribution in [3.63, 3.8) is 0 Å². The fourth-order valence-corrected chi connectivity index (χ4v) is 2.22. The second-order valence-electron chi connectivity index (χ2n) is 5.74. The fraction of sp³-hybridized carbons (Fsp3) is 0.438. The van der Waals surface area contributed by atoms with Crippen LogP contribution in [0.4, 0.5) is 5.82 Å².